The lowest BCUT2D eigenvalue weighted by Gasteiger charge is -2.45. The summed E-state index contributed by atoms with van der Waals surface area (Å²) < 4.78 is 0. The number of Topliss-reactive ketones (excluding diaryl/α,β-unsaturated/α-hetero) is 1. The molecule has 4 atom stereocenters. The fraction of sp³-hybridized carbons (Fsp3) is 0.462. The number of nitrogens with one attached hydrogen (secondary N) is 1. The third kappa shape index (κ3) is 4.53. The highest BCUT2D eigenvalue weighted by atomic mass is 16.2. The third-order valence-electron chi connectivity index (χ3n) is 7.09. The van der Waals surface area contributed by atoms with E-state index in [0.717, 1.165) is 28.5 Å². The van der Waals surface area contributed by atoms with Crippen LogP contribution in [-0.4, -0.2) is 45.4 Å². The van der Waals surface area contributed by atoms with Crippen molar-refractivity contribution in [3.63, 3.8) is 0 Å². The highest BCUT2D eigenvalue weighted by Crippen LogP contribution is 2.36. The average molecular weight is 450 g/mol. The summed E-state index contributed by atoms with van der Waals surface area (Å²) in [5.41, 5.74) is 20.3. The molecule has 1 fully saturated rings. The van der Waals surface area contributed by atoms with Gasteiger partial charge in [-0.05, 0) is 57.6 Å². The predicted octanol–water partition coefficient (Wildman–Crippen LogP) is 2.37. The quantitative estimate of drug-likeness (QED) is 0.538. The fourth-order valence-electron chi connectivity index (χ4n) is 5.15. The van der Waals surface area contributed by atoms with Crippen molar-refractivity contribution < 1.29 is 9.59 Å². The van der Waals surface area contributed by atoms with Crippen LogP contribution in [0.15, 0.2) is 54.3 Å². The SMILES string of the molecule is CC(N)(C(=O)[C@H](N)Cc1c[nH]c2ccccc12)[C@@H]1CC2=CC=CC(C2)CN(C(C)(C)N)C1=O. The first kappa shape index (κ1) is 23.4. The molecule has 0 saturated carbocycles. The number of allylic oxidation sites excluding steroid dienone is 3. The minimum atomic E-state index is -1.43. The summed E-state index contributed by atoms with van der Waals surface area (Å²) in [6.45, 7) is 5.77. The Labute approximate surface area is 195 Å². The maximum absolute atomic E-state index is 13.8. The largest absolute Gasteiger partial charge is 0.361 e. The monoisotopic (exact) mass is 449 g/mol. The number of amides is 1. The van der Waals surface area contributed by atoms with Crippen LogP contribution in [0.1, 0.15) is 39.2 Å². The van der Waals surface area contributed by atoms with Crippen molar-refractivity contribution in [1.82, 2.24) is 9.88 Å². The fourth-order valence-corrected chi connectivity index (χ4v) is 5.15. The molecule has 2 unspecified atom stereocenters. The van der Waals surface area contributed by atoms with Gasteiger partial charge in [-0.25, -0.2) is 0 Å². The van der Waals surface area contributed by atoms with E-state index in [4.69, 9.17) is 17.2 Å². The molecule has 2 aliphatic rings. The maximum atomic E-state index is 13.8. The Morgan fingerprint density at radius 2 is 1.94 bits per heavy atom. The normalized spacial score (nSPS) is 24.1. The number of nitrogens with zero attached hydrogens (tertiary/aromatic N) is 1. The zero-order valence-corrected chi connectivity index (χ0v) is 19.7. The Morgan fingerprint density at radius 1 is 1.21 bits per heavy atom. The first-order chi connectivity index (χ1) is 15.5. The van der Waals surface area contributed by atoms with Gasteiger partial charge < -0.3 is 27.1 Å². The van der Waals surface area contributed by atoms with Gasteiger partial charge in [-0.1, -0.05) is 42.0 Å². The number of ketones is 1. The number of hydrogen-bond donors (Lipinski definition) is 4. The average Bonchev–Trinajstić information content (AvgIpc) is 3.16. The second-order valence-electron chi connectivity index (χ2n) is 10.4. The van der Waals surface area contributed by atoms with Gasteiger partial charge in [0.05, 0.1) is 23.2 Å². The Balaban J connectivity index is 1.62. The molecule has 7 N–H and O–H groups in total. The number of aromatic nitrogens is 1. The van der Waals surface area contributed by atoms with Crippen LogP contribution in [0, 0.1) is 11.8 Å². The zero-order valence-electron chi connectivity index (χ0n) is 19.7. The molecule has 1 aliphatic carbocycles. The topological polar surface area (TPSA) is 131 Å². The van der Waals surface area contributed by atoms with Crippen molar-refractivity contribution in [2.24, 2.45) is 29.0 Å². The summed E-state index contributed by atoms with van der Waals surface area (Å²) >= 11 is 0. The first-order valence-corrected chi connectivity index (χ1v) is 11.6. The number of hydrogen-bond acceptors (Lipinski definition) is 5. The third-order valence-corrected chi connectivity index (χ3v) is 7.09. The summed E-state index contributed by atoms with van der Waals surface area (Å²) in [5, 5.41) is 1.03. The number of H-pyrrole nitrogens is 1. The van der Waals surface area contributed by atoms with Gasteiger partial charge in [0.25, 0.3) is 0 Å². The number of carbonyl (C=O) groups excluding carboxylic acids is 2. The second kappa shape index (κ2) is 8.56. The van der Waals surface area contributed by atoms with E-state index in [2.05, 4.69) is 11.1 Å². The van der Waals surface area contributed by atoms with E-state index in [1.54, 1.807) is 11.8 Å². The number of carbonyl (C=O) groups is 2. The van der Waals surface area contributed by atoms with Crippen LogP contribution in [0.5, 0.6) is 0 Å². The van der Waals surface area contributed by atoms with Crippen molar-refractivity contribution in [2.75, 3.05) is 6.54 Å². The second-order valence-corrected chi connectivity index (χ2v) is 10.4. The molecule has 2 bridgehead atoms. The molecule has 4 rings (SSSR count). The summed E-state index contributed by atoms with van der Waals surface area (Å²) in [6, 6.07) is 7.06. The van der Waals surface area contributed by atoms with Gasteiger partial charge in [0.1, 0.15) is 0 Å². The van der Waals surface area contributed by atoms with Crippen LogP contribution >= 0.6 is 0 Å². The van der Waals surface area contributed by atoms with Gasteiger partial charge in [0.15, 0.2) is 5.78 Å². The van der Waals surface area contributed by atoms with Crippen molar-refractivity contribution in [2.45, 2.75) is 57.3 Å². The van der Waals surface area contributed by atoms with E-state index in [0.29, 0.717) is 19.4 Å². The lowest BCUT2D eigenvalue weighted by atomic mass is 9.72. The molecule has 7 nitrogen and oxygen atoms in total. The van der Waals surface area contributed by atoms with E-state index in [1.165, 1.54) is 0 Å². The highest BCUT2D eigenvalue weighted by molar-refractivity contribution is 5.98. The molecule has 7 heteroatoms. The van der Waals surface area contributed by atoms with Crippen LogP contribution < -0.4 is 17.2 Å². The van der Waals surface area contributed by atoms with Crippen LogP contribution in [-0.2, 0) is 16.0 Å². The molecule has 1 saturated heterocycles. The first-order valence-electron chi connectivity index (χ1n) is 11.6. The number of rotatable bonds is 6. The molecular weight excluding hydrogens is 414 g/mol. The number of fused-ring (bicyclic) bond motifs is 3. The van der Waals surface area contributed by atoms with Crippen LogP contribution in [0.25, 0.3) is 10.9 Å². The number of aromatic amines is 1. The Kier molecular flexibility index (Phi) is 6.07. The molecule has 1 aromatic heterocycles. The molecule has 33 heavy (non-hydrogen) atoms. The van der Waals surface area contributed by atoms with E-state index in [9.17, 15) is 9.59 Å². The Bertz CT molecular complexity index is 1120. The molecule has 0 radical (unpaired) electrons. The summed E-state index contributed by atoms with van der Waals surface area (Å²) in [4.78, 5) is 32.3. The summed E-state index contributed by atoms with van der Waals surface area (Å²) in [7, 11) is 0. The molecule has 2 heterocycles. The molecule has 1 aliphatic heterocycles. The van der Waals surface area contributed by atoms with E-state index >= 15 is 0 Å². The molecular formula is C26H35N5O2. The van der Waals surface area contributed by atoms with Gasteiger partial charge in [-0.2, -0.15) is 0 Å². The standard InChI is InChI=1S/C26H35N5O2/c1-25(2,28)31-15-17-8-6-7-16(11-17)12-20(24(31)33)26(3,29)23(32)21(27)13-18-14-30-22-10-5-4-9-19(18)22/h4-10,14,17,20-21,30H,11-13,15,27-29H2,1-3H3/t17?,20-,21-,26?/m1/s1. The van der Waals surface area contributed by atoms with Gasteiger partial charge in [0.2, 0.25) is 5.91 Å². The van der Waals surface area contributed by atoms with Crippen molar-refractivity contribution in [3.8, 4) is 0 Å². The van der Waals surface area contributed by atoms with Crippen molar-refractivity contribution >= 4 is 22.6 Å². The molecule has 2 aromatic rings. The number of likely N-dealkylation sites (tertiary alicyclic amines) is 1. The van der Waals surface area contributed by atoms with Gasteiger partial charge in [0, 0.05) is 23.6 Å². The Morgan fingerprint density at radius 3 is 2.67 bits per heavy atom. The van der Waals surface area contributed by atoms with Crippen LogP contribution in [0.2, 0.25) is 0 Å². The number of benzene rings is 1. The van der Waals surface area contributed by atoms with Gasteiger partial charge in [-0.15, -0.1) is 0 Å². The van der Waals surface area contributed by atoms with E-state index in [-0.39, 0.29) is 17.6 Å². The molecule has 1 amide bonds. The minimum Gasteiger partial charge on any atom is -0.361 e. The lowest BCUT2D eigenvalue weighted by molar-refractivity contribution is -0.148. The predicted molar refractivity (Wildman–Crippen MR) is 131 cm³/mol. The van der Waals surface area contributed by atoms with Crippen LogP contribution in [0.4, 0.5) is 0 Å². The number of nitrogens with two attached hydrogens (primary N) is 3. The minimum absolute atomic E-state index is 0.189. The molecule has 1 aromatic carbocycles. The van der Waals surface area contributed by atoms with Crippen LogP contribution in [0.3, 0.4) is 0 Å². The van der Waals surface area contributed by atoms with Crippen molar-refractivity contribution in [3.05, 3.63) is 59.8 Å². The van der Waals surface area contributed by atoms with E-state index < -0.39 is 23.2 Å². The number of para-hydroxylation sites is 1. The smallest absolute Gasteiger partial charge is 0.229 e. The zero-order chi connectivity index (χ0) is 24.0. The van der Waals surface area contributed by atoms with E-state index in [1.807, 2.05) is 56.5 Å². The Hall–Kier alpha value is -2.74. The summed E-state index contributed by atoms with van der Waals surface area (Å²) in [6.07, 6.45) is 9.65. The van der Waals surface area contributed by atoms with Gasteiger partial charge >= 0.3 is 0 Å². The summed E-state index contributed by atoms with van der Waals surface area (Å²) in [5.74, 6) is -1.03. The highest BCUT2D eigenvalue weighted by Gasteiger charge is 2.48. The maximum Gasteiger partial charge on any atom is 0.229 e. The molecule has 0 spiro atoms. The lowest BCUT2D eigenvalue weighted by Crippen LogP contribution is -2.65. The molecule has 176 valence electrons. The van der Waals surface area contributed by atoms with Crippen molar-refractivity contribution in [1.29, 1.82) is 0 Å². The van der Waals surface area contributed by atoms with Gasteiger partial charge in [-0.3, -0.25) is 9.59 Å².